The van der Waals surface area contributed by atoms with Gasteiger partial charge in [0.25, 0.3) is 11.5 Å². The number of carbonyl (C=O) groups excluding carboxylic acids is 3. The summed E-state index contributed by atoms with van der Waals surface area (Å²) in [5.74, 6) is -0.637. The van der Waals surface area contributed by atoms with E-state index in [1.807, 2.05) is 54.2 Å². The van der Waals surface area contributed by atoms with Crippen LogP contribution in [-0.2, 0) is 22.6 Å². The first-order chi connectivity index (χ1) is 26.0. The zero-order valence-corrected chi connectivity index (χ0v) is 31.4. The number of fused-ring (bicyclic) bond motifs is 2. The van der Waals surface area contributed by atoms with E-state index in [1.165, 1.54) is 10.9 Å². The molecule has 6 rings (SSSR count). The summed E-state index contributed by atoms with van der Waals surface area (Å²) in [6.07, 6.45) is 5.73. The Morgan fingerprint density at radius 3 is 2.46 bits per heavy atom. The van der Waals surface area contributed by atoms with Crippen molar-refractivity contribution in [1.82, 2.24) is 29.7 Å². The third kappa shape index (κ3) is 9.67. The van der Waals surface area contributed by atoms with Crippen LogP contribution < -0.4 is 16.2 Å². The van der Waals surface area contributed by atoms with Gasteiger partial charge < -0.3 is 25.5 Å². The van der Waals surface area contributed by atoms with Gasteiger partial charge in [0.2, 0.25) is 11.8 Å². The molecule has 1 aliphatic rings. The number of halogens is 1. The Morgan fingerprint density at radius 1 is 0.963 bits per heavy atom. The third-order valence-corrected chi connectivity index (χ3v) is 10.3. The minimum atomic E-state index is -1.20. The van der Waals surface area contributed by atoms with Gasteiger partial charge in [-0.25, -0.2) is 4.98 Å². The molecule has 3 amide bonds. The number of nitrogens with zero attached hydrogens (tertiary/aromatic N) is 5. The number of hydrogen-bond acceptors (Lipinski definition) is 8. The van der Waals surface area contributed by atoms with Crippen molar-refractivity contribution < 1.29 is 19.5 Å². The molecule has 2 aromatic heterocycles. The predicted molar refractivity (Wildman–Crippen MR) is 211 cm³/mol. The third-order valence-electron chi connectivity index (χ3n) is 10.0. The first-order valence-electron chi connectivity index (χ1n) is 18.3. The Labute approximate surface area is 319 Å². The van der Waals surface area contributed by atoms with E-state index in [4.69, 9.17) is 11.6 Å². The summed E-state index contributed by atoms with van der Waals surface area (Å²) < 4.78 is 1.42. The average molecular weight is 752 g/mol. The first kappa shape index (κ1) is 38.6. The van der Waals surface area contributed by atoms with Crippen LogP contribution in [0.25, 0.3) is 21.8 Å². The van der Waals surface area contributed by atoms with Gasteiger partial charge >= 0.3 is 0 Å². The summed E-state index contributed by atoms with van der Waals surface area (Å²) in [6, 6.07) is 21.8. The number of pyridine rings is 1. The van der Waals surface area contributed by atoms with Crippen LogP contribution in [0.3, 0.4) is 0 Å². The van der Waals surface area contributed by atoms with Crippen molar-refractivity contribution in [3.8, 4) is 0 Å². The summed E-state index contributed by atoms with van der Waals surface area (Å²) >= 11 is 6.25. The lowest BCUT2D eigenvalue weighted by atomic mass is 9.88. The normalized spacial score (nSPS) is 14.6. The molecule has 1 fully saturated rings. The molecule has 0 spiro atoms. The van der Waals surface area contributed by atoms with Crippen LogP contribution in [0.1, 0.15) is 48.0 Å². The fourth-order valence-electron chi connectivity index (χ4n) is 6.89. The second kappa shape index (κ2) is 17.3. The van der Waals surface area contributed by atoms with E-state index in [1.54, 1.807) is 48.7 Å². The van der Waals surface area contributed by atoms with E-state index in [0.717, 1.165) is 10.9 Å². The number of aromatic nitrogens is 3. The van der Waals surface area contributed by atoms with Crippen molar-refractivity contribution in [3.05, 3.63) is 112 Å². The van der Waals surface area contributed by atoms with Gasteiger partial charge in [-0.1, -0.05) is 48.0 Å². The topological polar surface area (TPSA) is 150 Å². The zero-order valence-electron chi connectivity index (χ0n) is 30.6. The molecule has 3 N–H and O–H groups in total. The van der Waals surface area contributed by atoms with Gasteiger partial charge in [-0.2, -0.15) is 0 Å². The maximum atomic E-state index is 14.0. The highest BCUT2D eigenvalue weighted by molar-refractivity contribution is 6.35. The van der Waals surface area contributed by atoms with Crippen molar-refractivity contribution in [2.24, 2.45) is 5.92 Å². The van der Waals surface area contributed by atoms with Crippen molar-refractivity contribution in [3.63, 3.8) is 0 Å². The van der Waals surface area contributed by atoms with Crippen LogP contribution >= 0.6 is 11.6 Å². The van der Waals surface area contributed by atoms with E-state index in [-0.39, 0.29) is 35.7 Å². The SMILES string of the molecule is CN(C)CCC(=O)Nc1ccc2c(=O)n(CC3(O)CCN(C(=O)C(CCCNC(=O)c4ccc5c(Cl)ccnc5c4)Cc4ccccc4)CC3)cnc2c1. The number of amides is 3. The molecule has 282 valence electrons. The molecule has 1 saturated heterocycles. The van der Waals surface area contributed by atoms with Crippen LogP contribution in [0.5, 0.6) is 0 Å². The number of benzene rings is 3. The molecule has 5 aromatic rings. The van der Waals surface area contributed by atoms with Gasteiger partial charge in [-0.3, -0.25) is 28.7 Å². The van der Waals surface area contributed by atoms with E-state index in [0.29, 0.717) is 97.4 Å². The quantitative estimate of drug-likeness (QED) is 0.136. The van der Waals surface area contributed by atoms with Crippen molar-refractivity contribution >= 4 is 56.8 Å². The van der Waals surface area contributed by atoms with Crippen molar-refractivity contribution in [1.29, 1.82) is 0 Å². The fraction of sp³-hybridized carbons (Fsp3) is 0.366. The van der Waals surface area contributed by atoms with Crippen LogP contribution in [0.15, 0.2) is 90.1 Å². The van der Waals surface area contributed by atoms with Gasteiger partial charge in [0.05, 0.1) is 39.9 Å². The Bertz CT molecular complexity index is 2180. The maximum absolute atomic E-state index is 14.0. The molecular weight excluding hydrogens is 706 g/mol. The van der Waals surface area contributed by atoms with Crippen LogP contribution in [0.2, 0.25) is 5.02 Å². The van der Waals surface area contributed by atoms with E-state index in [9.17, 15) is 24.3 Å². The molecule has 0 saturated carbocycles. The van der Waals surface area contributed by atoms with Crippen LogP contribution in [0.4, 0.5) is 5.69 Å². The van der Waals surface area contributed by atoms with E-state index in [2.05, 4.69) is 20.6 Å². The largest absolute Gasteiger partial charge is 0.388 e. The van der Waals surface area contributed by atoms with Gasteiger partial charge in [0.15, 0.2) is 0 Å². The second-order valence-corrected chi connectivity index (χ2v) is 14.8. The molecule has 54 heavy (non-hydrogen) atoms. The van der Waals surface area contributed by atoms with E-state index >= 15 is 0 Å². The molecule has 0 bridgehead atoms. The van der Waals surface area contributed by atoms with Gasteiger partial charge in [0, 0.05) is 61.4 Å². The Kier molecular flexibility index (Phi) is 12.4. The molecule has 1 aliphatic heterocycles. The van der Waals surface area contributed by atoms with E-state index < -0.39 is 5.60 Å². The number of anilines is 1. The van der Waals surface area contributed by atoms with Crippen molar-refractivity contribution in [2.45, 2.75) is 50.7 Å². The Balaban J connectivity index is 1.05. The van der Waals surface area contributed by atoms with Gasteiger partial charge in [0.1, 0.15) is 0 Å². The standard InChI is InChI=1S/C41H46ClN7O5/c1-47(2)20-15-37(50)46-31-11-13-33-36(25-31)45-27-49(40(33)53)26-41(54)16-21-48(22-17-41)39(52)30(23-28-7-4-3-5-8-28)9-6-18-44-38(51)29-10-12-32-34(42)14-19-43-35(32)24-29/h3-5,7-8,10-14,19,24-25,27,30,54H,6,9,15-18,20-23,26H2,1-2H3,(H,44,51)(H,46,50). The highest BCUT2D eigenvalue weighted by Gasteiger charge is 2.36. The number of piperidine rings is 1. The number of rotatable bonds is 14. The molecular formula is C41H46ClN7O5. The summed E-state index contributed by atoms with van der Waals surface area (Å²) in [5.41, 5.74) is 1.72. The minimum absolute atomic E-state index is 0.0128. The summed E-state index contributed by atoms with van der Waals surface area (Å²) in [7, 11) is 3.80. The summed E-state index contributed by atoms with van der Waals surface area (Å²) in [6.45, 7) is 1.77. The number of aliphatic hydroxyl groups is 1. The Morgan fingerprint density at radius 2 is 1.70 bits per heavy atom. The molecule has 0 aliphatic carbocycles. The fourth-order valence-corrected chi connectivity index (χ4v) is 7.11. The maximum Gasteiger partial charge on any atom is 0.261 e. The van der Waals surface area contributed by atoms with Gasteiger partial charge in [-0.05, 0) is 88.2 Å². The molecule has 3 heterocycles. The highest BCUT2D eigenvalue weighted by atomic mass is 35.5. The van der Waals surface area contributed by atoms with Crippen molar-refractivity contribution in [2.75, 3.05) is 45.6 Å². The monoisotopic (exact) mass is 751 g/mol. The highest BCUT2D eigenvalue weighted by Crippen LogP contribution is 2.27. The number of likely N-dealkylation sites (tertiary alicyclic amines) is 1. The lowest BCUT2D eigenvalue weighted by molar-refractivity contribution is -0.140. The zero-order chi connectivity index (χ0) is 38.2. The molecule has 12 nitrogen and oxygen atoms in total. The first-order valence-corrected chi connectivity index (χ1v) is 18.7. The molecule has 1 unspecified atom stereocenters. The summed E-state index contributed by atoms with van der Waals surface area (Å²) in [4.78, 5) is 65.1. The Hall–Kier alpha value is -5.17. The number of carbonyl (C=O) groups is 3. The lowest BCUT2D eigenvalue weighted by Crippen LogP contribution is -2.51. The number of nitrogens with one attached hydrogen (secondary N) is 2. The van der Waals surface area contributed by atoms with Crippen LogP contribution in [-0.4, -0.2) is 93.0 Å². The van der Waals surface area contributed by atoms with Crippen LogP contribution in [0, 0.1) is 5.92 Å². The molecule has 3 aromatic carbocycles. The summed E-state index contributed by atoms with van der Waals surface area (Å²) in [5, 5.41) is 19.2. The predicted octanol–water partition coefficient (Wildman–Crippen LogP) is 4.91. The molecule has 13 heteroatoms. The molecule has 1 atom stereocenters. The smallest absolute Gasteiger partial charge is 0.261 e. The number of hydrogen-bond donors (Lipinski definition) is 3. The molecule has 0 radical (unpaired) electrons. The average Bonchev–Trinajstić information content (AvgIpc) is 3.16. The van der Waals surface area contributed by atoms with Gasteiger partial charge in [-0.15, -0.1) is 0 Å². The minimum Gasteiger partial charge on any atom is -0.388 e. The lowest BCUT2D eigenvalue weighted by Gasteiger charge is -2.39. The second-order valence-electron chi connectivity index (χ2n) is 14.4.